The third kappa shape index (κ3) is 3.74. The molecule has 0 saturated carbocycles. The Bertz CT molecular complexity index is 845. The lowest BCUT2D eigenvalue weighted by Crippen LogP contribution is -2.46. The van der Waals surface area contributed by atoms with Crippen LogP contribution in [0, 0.1) is 0 Å². The standard InChI is InChI=1S/C20H19NO5S/c1-12(22)26-11-17(18(23)13-7-9-14(27-2)10-8-13)21-19(24)15-5-3-4-6-16(15)20(21)25/h3-10,17-18,23H,11H2,1-2H3. The van der Waals surface area contributed by atoms with Crippen molar-refractivity contribution >= 4 is 29.5 Å². The molecule has 1 aliphatic rings. The first-order valence-electron chi connectivity index (χ1n) is 8.36. The van der Waals surface area contributed by atoms with Gasteiger partial charge in [-0.05, 0) is 36.1 Å². The van der Waals surface area contributed by atoms with Gasteiger partial charge in [-0.3, -0.25) is 19.3 Å². The Balaban J connectivity index is 1.95. The van der Waals surface area contributed by atoms with Crippen LogP contribution >= 0.6 is 11.8 Å². The van der Waals surface area contributed by atoms with Gasteiger partial charge in [0.15, 0.2) is 0 Å². The minimum Gasteiger partial charge on any atom is -0.464 e. The zero-order chi connectivity index (χ0) is 19.6. The maximum absolute atomic E-state index is 12.8. The summed E-state index contributed by atoms with van der Waals surface area (Å²) >= 11 is 1.56. The summed E-state index contributed by atoms with van der Waals surface area (Å²) in [7, 11) is 0. The van der Waals surface area contributed by atoms with Gasteiger partial charge in [0.1, 0.15) is 18.8 Å². The van der Waals surface area contributed by atoms with Crippen LogP contribution in [0.3, 0.4) is 0 Å². The third-order valence-corrected chi connectivity index (χ3v) is 5.18. The van der Waals surface area contributed by atoms with Gasteiger partial charge in [-0.2, -0.15) is 0 Å². The van der Waals surface area contributed by atoms with E-state index in [0.29, 0.717) is 5.56 Å². The number of fused-ring (bicyclic) bond motifs is 1. The molecule has 0 aromatic heterocycles. The van der Waals surface area contributed by atoms with Crippen LogP contribution in [0.15, 0.2) is 53.4 Å². The number of nitrogens with zero attached hydrogens (tertiary/aromatic N) is 1. The van der Waals surface area contributed by atoms with Gasteiger partial charge in [-0.15, -0.1) is 11.8 Å². The number of aliphatic hydroxyl groups excluding tert-OH is 1. The lowest BCUT2D eigenvalue weighted by molar-refractivity contribution is -0.143. The van der Waals surface area contributed by atoms with E-state index in [-0.39, 0.29) is 17.7 Å². The summed E-state index contributed by atoms with van der Waals surface area (Å²) in [5.74, 6) is -1.57. The lowest BCUT2D eigenvalue weighted by Gasteiger charge is -2.30. The van der Waals surface area contributed by atoms with Crippen LogP contribution in [0.4, 0.5) is 0 Å². The van der Waals surface area contributed by atoms with Crippen molar-refractivity contribution in [2.24, 2.45) is 0 Å². The van der Waals surface area contributed by atoms with E-state index in [1.807, 2.05) is 18.4 Å². The molecule has 1 heterocycles. The van der Waals surface area contributed by atoms with E-state index in [4.69, 9.17) is 4.74 Å². The number of hydrogen-bond donors (Lipinski definition) is 1. The Hall–Kier alpha value is -2.64. The van der Waals surface area contributed by atoms with E-state index >= 15 is 0 Å². The van der Waals surface area contributed by atoms with Crippen LogP contribution in [0.5, 0.6) is 0 Å². The van der Waals surface area contributed by atoms with E-state index in [2.05, 4.69) is 0 Å². The molecule has 3 rings (SSSR count). The second-order valence-corrected chi connectivity index (χ2v) is 6.99. The fourth-order valence-electron chi connectivity index (χ4n) is 3.04. The second-order valence-electron chi connectivity index (χ2n) is 6.11. The minimum absolute atomic E-state index is 0.278. The normalized spacial score (nSPS) is 15.4. The average molecular weight is 385 g/mol. The van der Waals surface area contributed by atoms with Gasteiger partial charge in [-0.25, -0.2) is 0 Å². The monoisotopic (exact) mass is 385 g/mol. The number of aliphatic hydroxyl groups is 1. The van der Waals surface area contributed by atoms with Crippen molar-refractivity contribution < 1.29 is 24.2 Å². The SMILES string of the molecule is CSc1ccc(C(O)C(COC(C)=O)N2C(=O)c3ccccc3C2=O)cc1. The lowest BCUT2D eigenvalue weighted by atomic mass is 10.0. The number of imide groups is 1. The fraction of sp³-hybridized carbons (Fsp3) is 0.250. The average Bonchev–Trinajstić information content (AvgIpc) is 2.93. The molecule has 2 unspecified atom stereocenters. The Kier molecular flexibility index (Phi) is 5.62. The minimum atomic E-state index is -1.19. The summed E-state index contributed by atoms with van der Waals surface area (Å²) in [4.78, 5) is 38.9. The van der Waals surface area contributed by atoms with E-state index in [1.165, 1.54) is 6.92 Å². The molecule has 0 radical (unpaired) electrons. The molecule has 2 aromatic rings. The summed E-state index contributed by atoms with van der Waals surface area (Å²) < 4.78 is 5.05. The smallest absolute Gasteiger partial charge is 0.302 e. The molecule has 0 spiro atoms. The highest BCUT2D eigenvalue weighted by molar-refractivity contribution is 7.98. The molecule has 0 fully saturated rings. The second kappa shape index (κ2) is 7.94. The van der Waals surface area contributed by atoms with Gasteiger partial charge < -0.3 is 9.84 Å². The summed E-state index contributed by atoms with van der Waals surface area (Å²) in [6.45, 7) is 0.950. The molecule has 0 saturated heterocycles. The van der Waals surface area contributed by atoms with Crippen LogP contribution in [0.2, 0.25) is 0 Å². The molecule has 0 bridgehead atoms. The molecule has 27 heavy (non-hydrogen) atoms. The van der Waals surface area contributed by atoms with Crippen molar-refractivity contribution in [3.63, 3.8) is 0 Å². The van der Waals surface area contributed by atoms with E-state index in [9.17, 15) is 19.5 Å². The number of esters is 1. The fourth-order valence-corrected chi connectivity index (χ4v) is 3.45. The Morgan fingerprint density at radius 2 is 1.63 bits per heavy atom. The number of thioether (sulfide) groups is 1. The molecule has 2 amide bonds. The zero-order valence-corrected chi connectivity index (χ0v) is 15.7. The maximum atomic E-state index is 12.8. The zero-order valence-electron chi connectivity index (χ0n) is 14.9. The maximum Gasteiger partial charge on any atom is 0.302 e. The van der Waals surface area contributed by atoms with Gasteiger partial charge in [0.2, 0.25) is 0 Å². The third-order valence-electron chi connectivity index (χ3n) is 4.44. The van der Waals surface area contributed by atoms with E-state index in [1.54, 1.807) is 48.2 Å². The molecule has 7 heteroatoms. The Labute approximate surface area is 161 Å². The highest BCUT2D eigenvalue weighted by Gasteiger charge is 2.43. The number of carbonyl (C=O) groups excluding carboxylic acids is 3. The molecule has 1 aliphatic heterocycles. The number of amides is 2. The molecule has 1 N–H and O–H groups in total. The van der Waals surface area contributed by atoms with Crippen LogP contribution < -0.4 is 0 Å². The number of rotatable bonds is 6. The molecule has 2 atom stereocenters. The first-order chi connectivity index (χ1) is 12.9. The predicted octanol–water partition coefficient (Wildman–Crippen LogP) is 2.67. The van der Waals surface area contributed by atoms with Gasteiger partial charge in [-0.1, -0.05) is 24.3 Å². The number of hydrogen-bond acceptors (Lipinski definition) is 6. The number of carbonyl (C=O) groups is 3. The summed E-state index contributed by atoms with van der Waals surface area (Å²) in [5, 5.41) is 10.9. The highest BCUT2D eigenvalue weighted by atomic mass is 32.2. The molecule has 140 valence electrons. The summed E-state index contributed by atoms with van der Waals surface area (Å²) in [5.41, 5.74) is 1.09. The van der Waals surface area contributed by atoms with E-state index < -0.39 is 29.9 Å². The summed E-state index contributed by atoms with van der Waals surface area (Å²) in [6.07, 6.45) is 0.746. The van der Waals surface area contributed by atoms with Crippen molar-refractivity contribution in [1.82, 2.24) is 4.90 Å². The molecular weight excluding hydrogens is 366 g/mol. The van der Waals surface area contributed by atoms with Crippen molar-refractivity contribution in [3.05, 3.63) is 65.2 Å². The van der Waals surface area contributed by atoms with Gasteiger partial charge in [0, 0.05) is 11.8 Å². The summed E-state index contributed by atoms with van der Waals surface area (Å²) in [6, 6.07) is 12.6. The van der Waals surface area contributed by atoms with E-state index in [0.717, 1.165) is 9.80 Å². The van der Waals surface area contributed by atoms with Gasteiger partial charge in [0.05, 0.1) is 11.1 Å². The number of ether oxygens (including phenoxy) is 1. The van der Waals surface area contributed by atoms with Crippen LogP contribution in [-0.4, -0.2) is 46.7 Å². The first kappa shape index (κ1) is 19.1. The highest BCUT2D eigenvalue weighted by Crippen LogP contribution is 2.31. The first-order valence-corrected chi connectivity index (χ1v) is 9.58. The van der Waals surface area contributed by atoms with Gasteiger partial charge in [0.25, 0.3) is 11.8 Å². The molecule has 6 nitrogen and oxygen atoms in total. The van der Waals surface area contributed by atoms with Crippen molar-refractivity contribution in [2.75, 3.05) is 12.9 Å². The largest absolute Gasteiger partial charge is 0.464 e. The van der Waals surface area contributed by atoms with Crippen molar-refractivity contribution in [1.29, 1.82) is 0 Å². The molecular formula is C20H19NO5S. The van der Waals surface area contributed by atoms with Crippen molar-refractivity contribution in [2.45, 2.75) is 24.0 Å². The predicted molar refractivity (Wildman–Crippen MR) is 101 cm³/mol. The quantitative estimate of drug-likeness (QED) is 0.468. The van der Waals surface area contributed by atoms with Gasteiger partial charge >= 0.3 is 5.97 Å². The Morgan fingerprint density at radius 3 is 2.11 bits per heavy atom. The van der Waals surface area contributed by atoms with Crippen LogP contribution in [-0.2, 0) is 9.53 Å². The van der Waals surface area contributed by atoms with Crippen LogP contribution in [0.1, 0.15) is 39.3 Å². The molecule has 2 aromatic carbocycles. The number of benzene rings is 2. The Morgan fingerprint density at radius 1 is 1.07 bits per heavy atom. The molecule has 0 aliphatic carbocycles. The topological polar surface area (TPSA) is 83.9 Å². The van der Waals surface area contributed by atoms with Crippen LogP contribution in [0.25, 0.3) is 0 Å². The van der Waals surface area contributed by atoms with Crippen molar-refractivity contribution in [3.8, 4) is 0 Å².